The first-order valence-electron chi connectivity index (χ1n) is 6.32. The largest absolute Gasteiger partial charge is 0.505 e. The Balaban J connectivity index is 2.28. The highest BCUT2D eigenvalue weighted by molar-refractivity contribution is 5.96. The third-order valence-electron chi connectivity index (χ3n) is 3.26. The van der Waals surface area contributed by atoms with Crippen LogP contribution in [-0.2, 0) is 6.18 Å². The molecule has 23 heavy (non-hydrogen) atoms. The van der Waals surface area contributed by atoms with Crippen LogP contribution in [0.5, 0.6) is 5.75 Å². The van der Waals surface area contributed by atoms with Crippen LogP contribution in [0.4, 0.5) is 13.2 Å². The van der Waals surface area contributed by atoms with Crippen LogP contribution in [-0.4, -0.2) is 25.6 Å². The first kappa shape index (κ1) is 14.8. The fourth-order valence-corrected chi connectivity index (χ4v) is 2.27. The molecular formula is C14H9F3N4O2. The van der Waals surface area contributed by atoms with Crippen molar-refractivity contribution < 1.29 is 23.1 Å². The van der Waals surface area contributed by atoms with Crippen LogP contribution in [0.3, 0.4) is 0 Å². The number of nitrogens with zero attached hydrogens (tertiary/aromatic N) is 3. The Kier molecular flexibility index (Phi) is 3.20. The maximum atomic E-state index is 12.8. The molecule has 2 aromatic heterocycles. The molecule has 3 aromatic rings. The van der Waals surface area contributed by atoms with E-state index in [1.165, 1.54) is 12.1 Å². The summed E-state index contributed by atoms with van der Waals surface area (Å²) in [5.74, 6) is -1.43. The molecule has 0 aliphatic heterocycles. The maximum absolute atomic E-state index is 12.8. The summed E-state index contributed by atoms with van der Waals surface area (Å²) in [4.78, 5) is 15.3. The lowest BCUT2D eigenvalue weighted by atomic mass is 10.0. The fraction of sp³-hybridized carbons (Fsp3) is 0.0714. The molecule has 0 fully saturated rings. The lowest BCUT2D eigenvalue weighted by Crippen LogP contribution is -2.17. The van der Waals surface area contributed by atoms with Gasteiger partial charge in [-0.15, -0.1) is 0 Å². The standard InChI is InChI=1S/C14H9F3N4O2/c15-14(16,17)8-3-1-2-7(4-8)9-5-10(22)11(12(18)23)21-13(9)19-6-20-21/h1-6,22H,(H2,18,23). The fourth-order valence-electron chi connectivity index (χ4n) is 2.27. The number of amides is 1. The summed E-state index contributed by atoms with van der Waals surface area (Å²) in [5.41, 5.74) is 4.50. The number of halogens is 3. The topological polar surface area (TPSA) is 93.5 Å². The summed E-state index contributed by atoms with van der Waals surface area (Å²) in [5, 5.41) is 13.7. The number of primary amides is 1. The zero-order valence-electron chi connectivity index (χ0n) is 11.4. The second-order valence-corrected chi connectivity index (χ2v) is 4.73. The van der Waals surface area contributed by atoms with E-state index in [-0.39, 0.29) is 22.5 Å². The minimum Gasteiger partial charge on any atom is -0.505 e. The maximum Gasteiger partial charge on any atom is 0.416 e. The molecule has 0 bridgehead atoms. The van der Waals surface area contributed by atoms with Crippen molar-refractivity contribution in [3.63, 3.8) is 0 Å². The molecule has 0 atom stereocenters. The van der Waals surface area contributed by atoms with Gasteiger partial charge in [0.05, 0.1) is 5.56 Å². The molecule has 0 saturated carbocycles. The number of nitrogens with two attached hydrogens (primary N) is 1. The van der Waals surface area contributed by atoms with E-state index in [9.17, 15) is 23.1 Å². The first-order chi connectivity index (χ1) is 10.8. The van der Waals surface area contributed by atoms with E-state index in [0.29, 0.717) is 0 Å². The van der Waals surface area contributed by atoms with Gasteiger partial charge in [0.15, 0.2) is 11.3 Å². The predicted molar refractivity (Wildman–Crippen MR) is 73.6 cm³/mol. The number of aromatic hydroxyl groups is 1. The highest BCUT2D eigenvalue weighted by Gasteiger charge is 2.30. The summed E-state index contributed by atoms with van der Waals surface area (Å²) in [7, 11) is 0. The number of aromatic nitrogens is 3. The van der Waals surface area contributed by atoms with E-state index >= 15 is 0 Å². The number of alkyl halides is 3. The number of carbonyl (C=O) groups is 1. The summed E-state index contributed by atoms with van der Waals surface area (Å²) < 4.78 is 39.5. The molecule has 0 radical (unpaired) electrons. The van der Waals surface area contributed by atoms with Gasteiger partial charge in [-0.05, 0) is 23.8 Å². The van der Waals surface area contributed by atoms with Crippen molar-refractivity contribution in [3.05, 3.63) is 47.9 Å². The number of carbonyl (C=O) groups excluding carboxylic acids is 1. The number of benzene rings is 1. The molecule has 118 valence electrons. The monoisotopic (exact) mass is 322 g/mol. The smallest absolute Gasteiger partial charge is 0.416 e. The van der Waals surface area contributed by atoms with Gasteiger partial charge < -0.3 is 10.8 Å². The van der Waals surface area contributed by atoms with Gasteiger partial charge in [0.1, 0.15) is 12.1 Å². The molecule has 3 rings (SSSR count). The first-order valence-corrected chi connectivity index (χ1v) is 6.32. The Bertz CT molecular complexity index is 918. The van der Waals surface area contributed by atoms with E-state index < -0.39 is 23.4 Å². The highest BCUT2D eigenvalue weighted by Crippen LogP contribution is 2.34. The van der Waals surface area contributed by atoms with Gasteiger partial charge in [-0.1, -0.05) is 12.1 Å². The van der Waals surface area contributed by atoms with Crippen LogP contribution in [0.1, 0.15) is 16.1 Å². The summed E-state index contributed by atoms with van der Waals surface area (Å²) in [6, 6.07) is 5.67. The van der Waals surface area contributed by atoms with Crippen molar-refractivity contribution in [1.29, 1.82) is 0 Å². The molecule has 6 nitrogen and oxygen atoms in total. The van der Waals surface area contributed by atoms with Crippen LogP contribution in [0.25, 0.3) is 16.8 Å². The number of fused-ring (bicyclic) bond motifs is 1. The molecule has 0 spiro atoms. The van der Waals surface area contributed by atoms with E-state index in [4.69, 9.17) is 5.73 Å². The minimum absolute atomic E-state index is 0.107. The SMILES string of the molecule is NC(=O)c1c(O)cc(-c2cccc(C(F)(F)F)c2)c2ncnn12. The van der Waals surface area contributed by atoms with Crippen molar-refractivity contribution in [2.45, 2.75) is 6.18 Å². The molecule has 3 N–H and O–H groups in total. The van der Waals surface area contributed by atoms with Crippen molar-refractivity contribution >= 4 is 11.6 Å². The Morgan fingerprint density at radius 2 is 2.00 bits per heavy atom. The zero-order chi connectivity index (χ0) is 16.8. The lowest BCUT2D eigenvalue weighted by Gasteiger charge is -2.11. The summed E-state index contributed by atoms with van der Waals surface area (Å²) in [6.45, 7) is 0. The van der Waals surface area contributed by atoms with Crippen molar-refractivity contribution in [3.8, 4) is 16.9 Å². The molecule has 2 heterocycles. The quantitative estimate of drug-likeness (QED) is 0.756. The van der Waals surface area contributed by atoms with Crippen molar-refractivity contribution in [2.24, 2.45) is 5.73 Å². The number of hydrogen-bond donors (Lipinski definition) is 2. The van der Waals surface area contributed by atoms with Crippen LogP contribution in [0.15, 0.2) is 36.7 Å². The number of pyridine rings is 1. The molecule has 1 amide bonds. The van der Waals surface area contributed by atoms with Crippen LogP contribution < -0.4 is 5.73 Å². The lowest BCUT2D eigenvalue weighted by molar-refractivity contribution is -0.137. The van der Waals surface area contributed by atoms with Gasteiger partial charge in [-0.25, -0.2) is 9.50 Å². The van der Waals surface area contributed by atoms with Crippen molar-refractivity contribution in [2.75, 3.05) is 0 Å². The van der Waals surface area contributed by atoms with Gasteiger partial charge in [0.2, 0.25) is 0 Å². The van der Waals surface area contributed by atoms with Gasteiger partial charge in [-0.2, -0.15) is 18.3 Å². The normalized spacial score (nSPS) is 11.8. The van der Waals surface area contributed by atoms with Crippen LogP contribution in [0, 0.1) is 0 Å². The second kappa shape index (κ2) is 4.97. The van der Waals surface area contributed by atoms with E-state index in [0.717, 1.165) is 29.0 Å². The van der Waals surface area contributed by atoms with Crippen molar-refractivity contribution in [1.82, 2.24) is 14.6 Å². The van der Waals surface area contributed by atoms with E-state index in [1.54, 1.807) is 0 Å². The molecule has 0 saturated heterocycles. The Labute approximate surface area is 127 Å². The van der Waals surface area contributed by atoms with Gasteiger partial charge in [-0.3, -0.25) is 4.79 Å². The molecule has 9 heteroatoms. The van der Waals surface area contributed by atoms with Gasteiger partial charge in [0.25, 0.3) is 5.91 Å². The average molecular weight is 322 g/mol. The Hall–Kier alpha value is -3.10. The van der Waals surface area contributed by atoms with Crippen LogP contribution >= 0.6 is 0 Å². The highest BCUT2D eigenvalue weighted by atomic mass is 19.4. The van der Waals surface area contributed by atoms with E-state index in [2.05, 4.69) is 10.1 Å². The third kappa shape index (κ3) is 2.45. The van der Waals surface area contributed by atoms with Gasteiger partial charge in [0, 0.05) is 5.56 Å². The van der Waals surface area contributed by atoms with E-state index in [1.807, 2.05) is 0 Å². The predicted octanol–water partition coefficient (Wildman–Crippen LogP) is 2.22. The second-order valence-electron chi connectivity index (χ2n) is 4.73. The van der Waals surface area contributed by atoms with Crippen LogP contribution in [0.2, 0.25) is 0 Å². The molecule has 0 aliphatic rings. The Morgan fingerprint density at radius 1 is 1.26 bits per heavy atom. The summed E-state index contributed by atoms with van der Waals surface area (Å²) >= 11 is 0. The molecule has 0 aliphatic carbocycles. The average Bonchev–Trinajstić information content (AvgIpc) is 2.94. The number of rotatable bonds is 2. The molecular weight excluding hydrogens is 313 g/mol. The minimum atomic E-state index is -4.50. The zero-order valence-corrected chi connectivity index (χ0v) is 11.4. The molecule has 1 aromatic carbocycles. The third-order valence-corrected chi connectivity index (χ3v) is 3.26. The van der Waals surface area contributed by atoms with Gasteiger partial charge >= 0.3 is 6.18 Å². The molecule has 0 unspecified atom stereocenters. The Morgan fingerprint density at radius 3 is 2.65 bits per heavy atom. The summed E-state index contributed by atoms with van der Waals surface area (Å²) in [6.07, 6.45) is -3.40. The number of hydrogen-bond acceptors (Lipinski definition) is 4.